The summed E-state index contributed by atoms with van der Waals surface area (Å²) in [4.78, 5) is 16.0. The van der Waals surface area contributed by atoms with Gasteiger partial charge >= 0.3 is 5.97 Å². The Balaban J connectivity index is 2.45. The van der Waals surface area contributed by atoms with E-state index in [0.29, 0.717) is 17.3 Å². The van der Waals surface area contributed by atoms with Crippen LogP contribution in [0.1, 0.15) is 41.5 Å². The van der Waals surface area contributed by atoms with Crippen molar-refractivity contribution >= 4 is 17.6 Å². The van der Waals surface area contributed by atoms with E-state index in [4.69, 9.17) is 16.3 Å². The lowest BCUT2D eigenvalue weighted by Gasteiger charge is -2.11. The molecule has 2 aromatic heterocycles. The van der Waals surface area contributed by atoms with E-state index >= 15 is 0 Å². The van der Waals surface area contributed by atoms with Gasteiger partial charge in [0.15, 0.2) is 0 Å². The van der Waals surface area contributed by atoms with Crippen molar-refractivity contribution in [2.24, 2.45) is 0 Å². The van der Waals surface area contributed by atoms with Crippen molar-refractivity contribution in [2.45, 2.75) is 40.3 Å². The molecule has 0 unspecified atom stereocenters. The predicted octanol–water partition coefficient (Wildman–Crippen LogP) is 2.46. The molecule has 0 saturated carbocycles. The summed E-state index contributed by atoms with van der Waals surface area (Å²) in [5.74, 6) is 0.318. The largest absolute Gasteiger partial charge is 0.464 e. The molecule has 6 nitrogen and oxygen atoms in total. The molecule has 2 rings (SSSR count). The van der Waals surface area contributed by atoms with Crippen molar-refractivity contribution < 1.29 is 9.53 Å². The first-order chi connectivity index (χ1) is 10.0. The molecule has 0 spiro atoms. The van der Waals surface area contributed by atoms with Gasteiger partial charge in [0.25, 0.3) is 0 Å². The highest BCUT2D eigenvalue weighted by Crippen LogP contribution is 2.23. The van der Waals surface area contributed by atoms with Crippen molar-refractivity contribution in [3.63, 3.8) is 0 Å². The number of carbonyl (C=O) groups excluding carboxylic acids is 1. The molecular weight excluding hydrogens is 292 g/mol. The Labute approximate surface area is 128 Å². The number of hydrogen-bond acceptors (Lipinski definition) is 4. The topological polar surface area (TPSA) is 61.9 Å². The van der Waals surface area contributed by atoms with E-state index in [1.165, 1.54) is 13.3 Å². The first-order valence-corrected chi connectivity index (χ1v) is 7.25. The molecule has 7 heteroatoms. The molecule has 0 atom stereocenters. The van der Waals surface area contributed by atoms with Crippen molar-refractivity contribution in [3.8, 4) is 0 Å². The van der Waals surface area contributed by atoms with Gasteiger partial charge in [0, 0.05) is 6.54 Å². The molecule has 0 aliphatic carbocycles. The van der Waals surface area contributed by atoms with Gasteiger partial charge in [-0.1, -0.05) is 18.5 Å². The van der Waals surface area contributed by atoms with Crippen LogP contribution in [0.15, 0.2) is 6.20 Å². The molecule has 0 N–H and O–H groups in total. The Morgan fingerprint density at radius 1 is 1.43 bits per heavy atom. The maximum Gasteiger partial charge on any atom is 0.356 e. The number of hydrogen-bond donors (Lipinski definition) is 0. The van der Waals surface area contributed by atoms with E-state index in [9.17, 15) is 4.79 Å². The standard InChI is InChI=1S/C14H19ClN4O2/c1-5-10-13(15)12(19(6-2)17-10)8-18-9(3)16-7-11(18)14(20)21-4/h7H,5-6,8H2,1-4H3. The monoisotopic (exact) mass is 310 g/mol. The summed E-state index contributed by atoms with van der Waals surface area (Å²) in [6.45, 7) is 7.02. The SMILES string of the molecule is CCc1nn(CC)c(Cn2c(C(=O)OC)cnc2C)c1Cl. The second-order valence-electron chi connectivity index (χ2n) is 4.65. The van der Waals surface area contributed by atoms with E-state index in [1.54, 1.807) is 4.57 Å². The van der Waals surface area contributed by atoms with Gasteiger partial charge in [0.05, 0.1) is 36.3 Å². The molecule has 21 heavy (non-hydrogen) atoms. The van der Waals surface area contributed by atoms with E-state index < -0.39 is 5.97 Å². The summed E-state index contributed by atoms with van der Waals surface area (Å²) in [5, 5.41) is 5.14. The number of methoxy groups -OCH3 is 1. The highest BCUT2D eigenvalue weighted by molar-refractivity contribution is 6.31. The fraction of sp³-hybridized carbons (Fsp3) is 0.500. The van der Waals surface area contributed by atoms with E-state index in [0.717, 1.165) is 30.2 Å². The second kappa shape index (κ2) is 6.30. The highest BCUT2D eigenvalue weighted by Gasteiger charge is 2.20. The predicted molar refractivity (Wildman–Crippen MR) is 79.7 cm³/mol. The van der Waals surface area contributed by atoms with Gasteiger partial charge in [-0.25, -0.2) is 9.78 Å². The number of halogens is 1. The molecule has 0 bridgehead atoms. The van der Waals surface area contributed by atoms with Crippen LogP contribution in [0.5, 0.6) is 0 Å². The van der Waals surface area contributed by atoms with Crippen LogP contribution in [0.2, 0.25) is 5.02 Å². The third-order valence-corrected chi connectivity index (χ3v) is 3.89. The lowest BCUT2D eigenvalue weighted by atomic mass is 10.3. The molecule has 2 heterocycles. The van der Waals surface area contributed by atoms with Crippen LogP contribution < -0.4 is 0 Å². The van der Waals surface area contributed by atoms with E-state index in [-0.39, 0.29) is 0 Å². The molecular formula is C14H19ClN4O2. The average Bonchev–Trinajstić information content (AvgIpc) is 3.00. The summed E-state index contributed by atoms with van der Waals surface area (Å²) in [6, 6.07) is 0. The Kier molecular flexibility index (Phi) is 4.67. The number of rotatable bonds is 5. The summed E-state index contributed by atoms with van der Waals surface area (Å²) >= 11 is 6.41. The molecule has 0 aliphatic rings. The summed E-state index contributed by atoms with van der Waals surface area (Å²) in [5.41, 5.74) is 2.15. The zero-order chi connectivity index (χ0) is 15.6. The number of ether oxygens (including phenoxy) is 1. The first kappa shape index (κ1) is 15.6. The number of aryl methyl sites for hydroxylation is 3. The molecule has 2 aromatic rings. The van der Waals surface area contributed by atoms with Gasteiger partial charge in [-0.2, -0.15) is 5.10 Å². The molecule has 0 fully saturated rings. The van der Waals surface area contributed by atoms with Crippen LogP contribution in [-0.4, -0.2) is 32.4 Å². The van der Waals surface area contributed by atoms with Crippen LogP contribution in [0.25, 0.3) is 0 Å². The lowest BCUT2D eigenvalue weighted by Crippen LogP contribution is -2.15. The maximum atomic E-state index is 11.8. The van der Waals surface area contributed by atoms with Gasteiger partial charge < -0.3 is 9.30 Å². The summed E-state index contributed by atoms with van der Waals surface area (Å²) in [6.07, 6.45) is 2.29. The van der Waals surface area contributed by atoms with E-state index in [1.807, 2.05) is 25.5 Å². The Morgan fingerprint density at radius 2 is 2.14 bits per heavy atom. The first-order valence-electron chi connectivity index (χ1n) is 6.87. The van der Waals surface area contributed by atoms with Gasteiger partial charge in [-0.05, 0) is 20.3 Å². The van der Waals surface area contributed by atoms with Crippen LogP contribution in [-0.2, 0) is 24.2 Å². The van der Waals surface area contributed by atoms with Crippen LogP contribution >= 0.6 is 11.6 Å². The number of esters is 1. The van der Waals surface area contributed by atoms with Crippen LogP contribution in [0.3, 0.4) is 0 Å². The van der Waals surface area contributed by atoms with E-state index in [2.05, 4.69) is 10.1 Å². The van der Waals surface area contributed by atoms with Crippen molar-refractivity contribution in [2.75, 3.05) is 7.11 Å². The Bertz CT molecular complexity index is 660. The van der Waals surface area contributed by atoms with Gasteiger partial charge in [0.1, 0.15) is 11.5 Å². The van der Waals surface area contributed by atoms with Gasteiger partial charge in [0.2, 0.25) is 0 Å². The highest BCUT2D eigenvalue weighted by atomic mass is 35.5. The minimum atomic E-state index is -0.412. The minimum Gasteiger partial charge on any atom is -0.464 e. The third kappa shape index (κ3) is 2.81. The molecule has 0 aromatic carbocycles. The fourth-order valence-corrected chi connectivity index (χ4v) is 2.58. The van der Waals surface area contributed by atoms with Crippen molar-refractivity contribution in [1.82, 2.24) is 19.3 Å². The fourth-order valence-electron chi connectivity index (χ4n) is 2.25. The van der Waals surface area contributed by atoms with Crippen LogP contribution in [0, 0.1) is 6.92 Å². The van der Waals surface area contributed by atoms with Crippen molar-refractivity contribution in [3.05, 3.63) is 34.1 Å². The summed E-state index contributed by atoms with van der Waals surface area (Å²) < 4.78 is 8.44. The number of nitrogens with zero attached hydrogens (tertiary/aromatic N) is 4. The van der Waals surface area contributed by atoms with Crippen molar-refractivity contribution in [1.29, 1.82) is 0 Å². The number of carbonyl (C=O) groups is 1. The van der Waals surface area contributed by atoms with Gasteiger partial charge in [-0.15, -0.1) is 0 Å². The molecule has 0 aliphatic heterocycles. The Morgan fingerprint density at radius 3 is 2.71 bits per heavy atom. The maximum absolute atomic E-state index is 11.8. The lowest BCUT2D eigenvalue weighted by molar-refractivity contribution is 0.0588. The Hall–Kier alpha value is -1.82. The smallest absolute Gasteiger partial charge is 0.356 e. The van der Waals surface area contributed by atoms with Crippen LogP contribution in [0.4, 0.5) is 0 Å². The second-order valence-corrected chi connectivity index (χ2v) is 5.02. The minimum absolute atomic E-state index is 0.410. The summed E-state index contributed by atoms with van der Waals surface area (Å²) in [7, 11) is 1.35. The number of imidazole rings is 1. The molecule has 114 valence electrons. The zero-order valence-electron chi connectivity index (χ0n) is 12.7. The average molecular weight is 311 g/mol. The van der Waals surface area contributed by atoms with Gasteiger partial charge in [-0.3, -0.25) is 4.68 Å². The molecule has 0 radical (unpaired) electrons. The zero-order valence-corrected chi connectivity index (χ0v) is 13.4. The number of aromatic nitrogens is 4. The molecule has 0 saturated heterocycles. The normalized spacial score (nSPS) is 10.9. The quantitative estimate of drug-likeness (QED) is 0.796. The third-order valence-electron chi connectivity index (χ3n) is 3.45. The molecule has 0 amide bonds.